The Labute approximate surface area is 125 Å². The summed E-state index contributed by atoms with van der Waals surface area (Å²) >= 11 is 1.00. The molecule has 0 atom stereocenters. The lowest BCUT2D eigenvalue weighted by atomic mass is 10.0. The lowest BCUT2D eigenvalue weighted by Crippen LogP contribution is -2.23. The van der Waals surface area contributed by atoms with Crippen LogP contribution in [-0.2, 0) is 10.0 Å². The van der Waals surface area contributed by atoms with E-state index in [2.05, 4.69) is 18.6 Å². The van der Waals surface area contributed by atoms with Gasteiger partial charge in [-0.1, -0.05) is 39.5 Å². The second-order valence-electron chi connectivity index (χ2n) is 5.22. The monoisotopic (exact) mass is 314 g/mol. The number of nitrogens with zero attached hydrogens (tertiary/aromatic N) is 1. The third-order valence-corrected chi connectivity index (χ3v) is 5.90. The minimum Gasteiger partial charge on any atom is -0.210 e. The van der Waals surface area contributed by atoms with Crippen LogP contribution in [0.25, 0.3) is 0 Å². The highest BCUT2D eigenvalue weighted by molar-refractivity contribution is 7.91. The maximum Gasteiger partial charge on any atom is 0.250 e. The largest absolute Gasteiger partial charge is 0.250 e. The normalized spacial score (nSPS) is 11.7. The third-order valence-electron chi connectivity index (χ3n) is 2.96. The molecule has 0 saturated heterocycles. The lowest BCUT2D eigenvalue weighted by molar-refractivity contribution is 0.517. The molecule has 0 saturated carbocycles. The average molecular weight is 314 g/mol. The van der Waals surface area contributed by atoms with Gasteiger partial charge in [0.2, 0.25) is 10.0 Å². The Morgan fingerprint density at radius 1 is 1.25 bits per heavy atom. The fraction of sp³-hybridized carbons (Fsp3) is 0.643. The van der Waals surface area contributed by atoms with Crippen LogP contribution >= 0.6 is 11.3 Å². The molecule has 0 aliphatic carbocycles. The molecule has 6 heteroatoms. The second-order valence-corrected chi connectivity index (χ2v) is 8.30. The van der Waals surface area contributed by atoms with Gasteiger partial charge in [-0.15, -0.1) is 11.3 Å². The molecule has 0 aliphatic heterocycles. The van der Waals surface area contributed by atoms with Crippen LogP contribution in [-0.4, -0.2) is 15.0 Å². The minimum absolute atomic E-state index is 0.217. The summed E-state index contributed by atoms with van der Waals surface area (Å²) in [4.78, 5) is 0.416. The van der Waals surface area contributed by atoms with Gasteiger partial charge in [0.05, 0.1) is 0 Å². The number of hydrogen-bond acceptors (Lipinski definition) is 4. The second kappa shape index (κ2) is 8.40. The topological polar surface area (TPSA) is 70.0 Å². The average Bonchev–Trinajstić information content (AvgIpc) is 2.86. The van der Waals surface area contributed by atoms with Crippen LogP contribution in [0.4, 0.5) is 0 Å². The molecule has 0 aliphatic rings. The number of nitrogens with one attached hydrogen (secondary N) is 1. The third kappa shape index (κ3) is 6.04. The van der Waals surface area contributed by atoms with E-state index < -0.39 is 10.0 Å². The van der Waals surface area contributed by atoms with Gasteiger partial charge in [0.1, 0.15) is 15.2 Å². The summed E-state index contributed by atoms with van der Waals surface area (Å²) in [5.41, 5.74) is 0. The van der Waals surface area contributed by atoms with Gasteiger partial charge in [-0.25, -0.2) is 13.1 Å². The molecule has 1 rings (SSSR count). The maximum absolute atomic E-state index is 11.9. The van der Waals surface area contributed by atoms with Gasteiger partial charge in [0.15, 0.2) is 0 Å². The first-order valence-corrected chi connectivity index (χ1v) is 9.25. The Kier molecular flexibility index (Phi) is 7.20. The predicted octanol–water partition coefficient (Wildman–Crippen LogP) is 3.50. The molecule has 112 valence electrons. The van der Waals surface area contributed by atoms with Crippen molar-refractivity contribution >= 4 is 21.4 Å². The zero-order valence-electron chi connectivity index (χ0n) is 12.1. The van der Waals surface area contributed by atoms with Crippen molar-refractivity contribution in [1.29, 1.82) is 5.26 Å². The van der Waals surface area contributed by atoms with Crippen molar-refractivity contribution in [2.24, 2.45) is 5.92 Å². The molecule has 1 N–H and O–H groups in total. The van der Waals surface area contributed by atoms with E-state index in [4.69, 9.17) is 5.26 Å². The molecule has 0 fully saturated rings. The van der Waals surface area contributed by atoms with Gasteiger partial charge in [-0.05, 0) is 24.5 Å². The first kappa shape index (κ1) is 17.2. The van der Waals surface area contributed by atoms with Crippen LogP contribution < -0.4 is 4.72 Å². The molecule has 0 radical (unpaired) electrons. The lowest BCUT2D eigenvalue weighted by Gasteiger charge is -2.06. The summed E-state index contributed by atoms with van der Waals surface area (Å²) < 4.78 is 26.7. The molecule has 0 spiro atoms. The van der Waals surface area contributed by atoms with E-state index in [1.807, 2.05) is 6.07 Å². The smallest absolute Gasteiger partial charge is 0.210 e. The number of unbranched alkanes of at least 4 members (excludes halogenated alkanes) is 3. The predicted molar refractivity (Wildman–Crippen MR) is 82.1 cm³/mol. The Bertz CT molecular complexity index is 542. The van der Waals surface area contributed by atoms with Gasteiger partial charge < -0.3 is 0 Å². The van der Waals surface area contributed by atoms with Crippen LogP contribution in [0.3, 0.4) is 0 Å². The van der Waals surface area contributed by atoms with Gasteiger partial charge in [0, 0.05) is 6.54 Å². The molecule has 20 heavy (non-hydrogen) atoms. The fourth-order valence-electron chi connectivity index (χ4n) is 1.83. The summed E-state index contributed by atoms with van der Waals surface area (Å²) in [6.45, 7) is 4.89. The highest BCUT2D eigenvalue weighted by atomic mass is 32.2. The van der Waals surface area contributed by atoms with Crippen molar-refractivity contribution in [1.82, 2.24) is 4.72 Å². The number of thiophene rings is 1. The number of sulfonamides is 1. The van der Waals surface area contributed by atoms with Crippen molar-refractivity contribution in [2.45, 2.75) is 50.2 Å². The van der Waals surface area contributed by atoms with Crippen LogP contribution in [0.5, 0.6) is 0 Å². The number of rotatable bonds is 9. The quantitative estimate of drug-likeness (QED) is 0.709. The van der Waals surface area contributed by atoms with Gasteiger partial charge in [0.25, 0.3) is 0 Å². The molecule has 0 amide bonds. The van der Waals surface area contributed by atoms with Gasteiger partial charge >= 0.3 is 0 Å². The molecule has 1 heterocycles. The van der Waals surface area contributed by atoms with E-state index in [0.717, 1.165) is 36.5 Å². The van der Waals surface area contributed by atoms with Crippen molar-refractivity contribution < 1.29 is 8.42 Å². The van der Waals surface area contributed by atoms with Crippen molar-refractivity contribution in [3.8, 4) is 6.07 Å². The Morgan fingerprint density at radius 2 is 1.95 bits per heavy atom. The van der Waals surface area contributed by atoms with Crippen LogP contribution in [0.15, 0.2) is 16.3 Å². The van der Waals surface area contributed by atoms with Crippen LogP contribution in [0.1, 0.15) is 50.8 Å². The first-order valence-electron chi connectivity index (χ1n) is 6.95. The molecule has 1 aromatic heterocycles. The standard InChI is InChI=1S/C14H22N2O2S2/c1-12(2)7-5-3-4-6-10-16-20(17,18)14-9-8-13(11-15)19-14/h8-9,12,16H,3-7,10H2,1-2H3. The van der Waals surface area contributed by atoms with Crippen molar-refractivity contribution in [3.63, 3.8) is 0 Å². The molecule has 0 unspecified atom stereocenters. The van der Waals surface area contributed by atoms with Gasteiger partial charge in [-0.3, -0.25) is 0 Å². The Balaban J connectivity index is 2.26. The summed E-state index contributed by atoms with van der Waals surface area (Å²) in [6.07, 6.45) is 5.49. The van der Waals surface area contributed by atoms with E-state index in [-0.39, 0.29) is 4.21 Å². The van der Waals surface area contributed by atoms with Crippen molar-refractivity contribution in [2.75, 3.05) is 6.54 Å². The fourth-order valence-corrected chi connectivity index (χ4v) is 4.06. The molecular weight excluding hydrogens is 292 g/mol. The van der Waals surface area contributed by atoms with Crippen LogP contribution in [0.2, 0.25) is 0 Å². The summed E-state index contributed by atoms with van der Waals surface area (Å²) in [6, 6.07) is 4.96. The SMILES string of the molecule is CC(C)CCCCCCNS(=O)(=O)c1ccc(C#N)s1. The zero-order valence-corrected chi connectivity index (χ0v) is 13.7. The minimum atomic E-state index is -3.44. The Hall–Kier alpha value is -0.900. The highest BCUT2D eigenvalue weighted by Crippen LogP contribution is 2.20. The molecule has 0 aromatic carbocycles. The summed E-state index contributed by atoms with van der Waals surface area (Å²) in [7, 11) is -3.44. The summed E-state index contributed by atoms with van der Waals surface area (Å²) in [5.74, 6) is 0.738. The van der Waals surface area contributed by atoms with E-state index >= 15 is 0 Å². The maximum atomic E-state index is 11.9. The van der Waals surface area contributed by atoms with Crippen LogP contribution in [0, 0.1) is 17.2 Å². The van der Waals surface area contributed by atoms with Gasteiger partial charge in [-0.2, -0.15) is 5.26 Å². The molecule has 0 bridgehead atoms. The summed E-state index contributed by atoms with van der Waals surface area (Å²) in [5, 5.41) is 8.70. The van der Waals surface area contributed by atoms with E-state index in [1.165, 1.54) is 25.0 Å². The van der Waals surface area contributed by atoms with Crippen molar-refractivity contribution in [3.05, 3.63) is 17.0 Å². The first-order chi connectivity index (χ1) is 9.45. The molecule has 1 aromatic rings. The zero-order chi connectivity index (χ0) is 15.0. The van der Waals surface area contributed by atoms with E-state index in [0.29, 0.717) is 11.4 Å². The van der Waals surface area contributed by atoms with E-state index in [1.54, 1.807) is 0 Å². The molecule has 4 nitrogen and oxygen atoms in total. The molecular formula is C14H22N2O2S2. The highest BCUT2D eigenvalue weighted by Gasteiger charge is 2.15. The number of nitriles is 1. The number of hydrogen-bond donors (Lipinski definition) is 1. The van der Waals surface area contributed by atoms with E-state index in [9.17, 15) is 8.42 Å². The Morgan fingerprint density at radius 3 is 2.55 bits per heavy atom.